The normalized spacial score (nSPS) is 12.9. The third kappa shape index (κ3) is 3.10. The van der Waals surface area contributed by atoms with Gasteiger partial charge in [-0.1, -0.05) is 15.9 Å². The molecule has 0 bridgehead atoms. The first-order valence-corrected chi connectivity index (χ1v) is 7.99. The Hall–Kier alpha value is -1.60. The summed E-state index contributed by atoms with van der Waals surface area (Å²) in [5, 5.41) is 2.66. The number of benzene rings is 2. The van der Waals surface area contributed by atoms with E-state index in [-0.39, 0.29) is 5.56 Å². The summed E-state index contributed by atoms with van der Waals surface area (Å²) in [6.45, 7) is 0.927. The Morgan fingerprint density at radius 3 is 2.50 bits per heavy atom. The Morgan fingerprint density at radius 2 is 1.77 bits per heavy atom. The molecule has 114 valence electrons. The second-order valence-electron chi connectivity index (χ2n) is 4.55. The van der Waals surface area contributed by atoms with Crippen molar-refractivity contribution in [3.8, 4) is 11.5 Å². The number of anilines is 1. The van der Waals surface area contributed by atoms with E-state index < -0.39 is 11.7 Å². The summed E-state index contributed by atoms with van der Waals surface area (Å²) < 4.78 is 25.9. The second kappa shape index (κ2) is 6.26. The number of amides is 1. The molecule has 2 aromatic carbocycles. The third-order valence-electron chi connectivity index (χ3n) is 3.05. The van der Waals surface area contributed by atoms with Gasteiger partial charge in [-0.2, -0.15) is 0 Å². The minimum Gasteiger partial charge on any atom is -0.486 e. The molecule has 1 amide bonds. The van der Waals surface area contributed by atoms with Crippen LogP contribution in [-0.4, -0.2) is 19.1 Å². The fraction of sp³-hybridized carbons (Fsp3) is 0.133. The molecule has 0 saturated carbocycles. The second-order valence-corrected chi connectivity index (χ2v) is 6.32. The molecule has 0 aromatic heterocycles. The molecule has 3 rings (SSSR count). The lowest BCUT2D eigenvalue weighted by atomic mass is 10.2. The Bertz CT molecular complexity index is 752. The van der Waals surface area contributed by atoms with Crippen LogP contribution in [0, 0.1) is 5.82 Å². The highest BCUT2D eigenvalue weighted by Gasteiger charge is 2.18. The summed E-state index contributed by atoms with van der Waals surface area (Å²) in [4.78, 5) is 12.2. The van der Waals surface area contributed by atoms with Crippen LogP contribution >= 0.6 is 31.9 Å². The molecular weight excluding hydrogens is 421 g/mol. The van der Waals surface area contributed by atoms with Gasteiger partial charge in [0.05, 0.1) is 11.3 Å². The van der Waals surface area contributed by atoms with Crippen LogP contribution in [0.25, 0.3) is 0 Å². The third-order valence-corrected chi connectivity index (χ3v) is 4.20. The predicted molar refractivity (Wildman–Crippen MR) is 87.2 cm³/mol. The fourth-order valence-corrected chi connectivity index (χ4v) is 2.80. The Morgan fingerprint density at radius 1 is 1.09 bits per heavy atom. The lowest BCUT2D eigenvalue weighted by molar-refractivity contribution is 0.102. The van der Waals surface area contributed by atoms with E-state index in [1.54, 1.807) is 12.1 Å². The van der Waals surface area contributed by atoms with E-state index in [0.29, 0.717) is 39.3 Å². The van der Waals surface area contributed by atoms with Crippen molar-refractivity contribution in [1.29, 1.82) is 0 Å². The van der Waals surface area contributed by atoms with Crippen LogP contribution in [0.5, 0.6) is 11.5 Å². The van der Waals surface area contributed by atoms with Gasteiger partial charge in [0.25, 0.3) is 5.91 Å². The van der Waals surface area contributed by atoms with Gasteiger partial charge in [0.15, 0.2) is 11.5 Å². The minimum atomic E-state index is -0.589. The molecule has 2 aromatic rings. The van der Waals surface area contributed by atoms with Crippen molar-refractivity contribution in [1.82, 2.24) is 0 Å². The summed E-state index contributed by atoms with van der Waals surface area (Å²) in [7, 11) is 0. The fourth-order valence-electron chi connectivity index (χ4n) is 2.02. The minimum absolute atomic E-state index is 0.0452. The molecule has 22 heavy (non-hydrogen) atoms. The zero-order chi connectivity index (χ0) is 15.7. The summed E-state index contributed by atoms with van der Waals surface area (Å²) in [5.41, 5.74) is 0.435. The van der Waals surface area contributed by atoms with Crippen molar-refractivity contribution in [3.63, 3.8) is 0 Å². The molecule has 0 fully saturated rings. The zero-order valence-corrected chi connectivity index (χ0v) is 14.3. The molecule has 1 heterocycles. The maximum Gasteiger partial charge on any atom is 0.258 e. The number of hydrogen-bond acceptors (Lipinski definition) is 3. The van der Waals surface area contributed by atoms with E-state index in [1.165, 1.54) is 18.2 Å². The summed E-state index contributed by atoms with van der Waals surface area (Å²) in [6.07, 6.45) is 0. The van der Waals surface area contributed by atoms with E-state index in [4.69, 9.17) is 9.47 Å². The van der Waals surface area contributed by atoms with Crippen LogP contribution in [0.2, 0.25) is 0 Å². The topological polar surface area (TPSA) is 47.6 Å². The van der Waals surface area contributed by atoms with E-state index in [0.717, 1.165) is 0 Å². The molecule has 0 atom stereocenters. The van der Waals surface area contributed by atoms with Crippen molar-refractivity contribution in [2.45, 2.75) is 0 Å². The number of halogens is 3. The molecule has 1 N–H and O–H groups in total. The van der Waals surface area contributed by atoms with E-state index in [9.17, 15) is 9.18 Å². The quantitative estimate of drug-likeness (QED) is 0.769. The van der Waals surface area contributed by atoms with Gasteiger partial charge < -0.3 is 14.8 Å². The lowest BCUT2D eigenvalue weighted by Gasteiger charge is -2.20. The number of nitrogens with one attached hydrogen (secondary N) is 1. The molecule has 7 heteroatoms. The van der Waals surface area contributed by atoms with Crippen molar-refractivity contribution in [3.05, 3.63) is 50.7 Å². The van der Waals surface area contributed by atoms with E-state index >= 15 is 0 Å². The molecule has 1 aliphatic heterocycles. The van der Waals surface area contributed by atoms with Gasteiger partial charge in [-0.25, -0.2) is 4.39 Å². The Kier molecular flexibility index (Phi) is 4.35. The molecule has 4 nitrogen and oxygen atoms in total. The van der Waals surface area contributed by atoms with Gasteiger partial charge in [0, 0.05) is 21.1 Å². The first-order valence-electron chi connectivity index (χ1n) is 6.40. The maximum atomic E-state index is 13.8. The summed E-state index contributed by atoms with van der Waals surface area (Å²) in [6, 6.07) is 7.55. The first kappa shape index (κ1) is 15.3. The standard InChI is InChI=1S/C15H10Br2FNO3/c16-8-1-2-11(18)9(5-8)15(20)19-12-7-14-13(6-10(12)17)21-3-4-22-14/h1-2,5-7H,3-4H2,(H,19,20). The molecular formula is C15H10Br2FNO3. The number of hydrogen-bond donors (Lipinski definition) is 1. The highest BCUT2D eigenvalue weighted by atomic mass is 79.9. The van der Waals surface area contributed by atoms with Crippen molar-refractivity contribution in [2.75, 3.05) is 18.5 Å². The highest BCUT2D eigenvalue weighted by molar-refractivity contribution is 9.10. The molecule has 0 unspecified atom stereocenters. The monoisotopic (exact) mass is 429 g/mol. The summed E-state index contributed by atoms with van der Waals surface area (Å²) in [5.74, 6) is 0.00904. The van der Waals surface area contributed by atoms with Gasteiger partial charge in [0.2, 0.25) is 0 Å². The van der Waals surface area contributed by atoms with Crippen LogP contribution < -0.4 is 14.8 Å². The molecule has 0 spiro atoms. The van der Waals surface area contributed by atoms with Crippen LogP contribution in [-0.2, 0) is 0 Å². The SMILES string of the molecule is O=C(Nc1cc2c(cc1Br)OCCO2)c1cc(Br)ccc1F. The number of fused-ring (bicyclic) bond motifs is 1. The maximum absolute atomic E-state index is 13.8. The van der Waals surface area contributed by atoms with Crippen LogP contribution in [0.4, 0.5) is 10.1 Å². The average Bonchev–Trinajstić information content (AvgIpc) is 2.50. The number of carbonyl (C=O) groups excluding carboxylic acids is 1. The van der Waals surface area contributed by atoms with Gasteiger partial charge >= 0.3 is 0 Å². The Labute approximate surface area is 142 Å². The van der Waals surface area contributed by atoms with Gasteiger partial charge in [-0.3, -0.25) is 4.79 Å². The first-order chi connectivity index (χ1) is 10.5. The largest absolute Gasteiger partial charge is 0.486 e. The van der Waals surface area contributed by atoms with Crippen molar-refractivity contribution >= 4 is 43.5 Å². The average molecular weight is 431 g/mol. The number of rotatable bonds is 2. The lowest BCUT2D eigenvalue weighted by Crippen LogP contribution is -2.17. The molecule has 1 aliphatic rings. The molecule has 0 radical (unpaired) electrons. The number of ether oxygens (including phenoxy) is 2. The summed E-state index contributed by atoms with van der Waals surface area (Å²) >= 11 is 6.58. The highest BCUT2D eigenvalue weighted by Crippen LogP contribution is 2.38. The number of carbonyl (C=O) groups is 1. The van der Waals surface area contributed by atoms with Crippen LogP contribution in [0.15, 0.2) is 39.3 Å². The predicted octanol–water partition coefficient (Wildman–Crippen LogP) is 4.37. The van der Waals surface area contributed by atoms with Gasteiger partial charge in [-0.05, 0) is 34.1 Å². The van der Waals surface area contributed by atoms with Crippen LogP contribution in [0.3, 0.4) is 0 Å². The van der Waals surface area contributed by atoms with E-state index in [2.05, 4.69) is 37.2 Å². The van der Waals surface area contributed by atoms with Gasteiger partial charge in [-0.15, -0.1) is 0 Å². The van der Waals surface area contributed by atoms with E-state index in [1.807, 2.05) is 0 Å². The van der Waals surface area contributed by atoms with Gasteiger partial charge in [0.1, 0.15) is 19.0 Å². The molecule has 0 saturated heterocycles. The van der Waals surface area contributed by atoms with Crippen molar-refractivity contribution < 1.29 is 18.7 Å². The van der Waals surface area contributed by atoms with Crippen molar-refractivity contribution in [2.24, 2.45) is 0 Å². The van der Waals surface area contributed by atoms with Crippen LogP contribution in [0.1, 0.15) is 10.4 Å². The smallest absolute Gasteiger partial charge is 0.258 e. The zero-order valence-electron chi connectivity index (χ0n) is 11.2. The Balaban J connectivity index is 1.89. The molecule has 0 aliphatic carbocycles.